The molecular weight excluding hydrogens is 204 g/mol. The van der Waals surface area contributed by atoms with Gasteiger partial charge in [0.25, 0.3) is 0 Å². The molecule has 1 spiro atoms. The molecule has 0 saturated heterocycles. The predicted molar refractivity (Wildman–Crippen MR) is 58.7 cm³/mol. The average molecular weight is 218 g/mol. The zero-order chi connectivity index (χ0) is 11.3. The minimum Gasteiger partial charge on any atom is -0.497 e. The van der Waals surface area contributed by atoms with Crippen molar-refractivity contribution in [2.24, 2.45) is 5.92 Å². The van der Waals surface area contributed by atoms with Crippen LogP contribution in [-0.2, 0) is 16.6 Å². The van der Waals surface area contributed by atoms with Crippen LogP contribution in [0.25, 0.3) is 0 Å². The number of hydrogen-bond acceptors (Lipinski definition) is 2. The number of aliphatic carboxylic acids is 1. The Hall–Kier alpha value is -1.51. The molecule has 1 fully saturated rings. The van der Waals surface area contributed by atoms with Crippen molar-refractivity contribution < 1.29 is 14.6 Å². The summed E-state index contributed by atoms with van der Waals surface area (Å²) in [6.45, 7) is 0. The maximum atomic E-state index is 11.0. The second-order valence-electron chi connectivity index (χ2n) is 4.77. The summed E-state index contributed by atoms with van der Waals surface area (Å²) in [5.74, 6) is 0.0501. The van der Waals surface area contributed by atoms with E-state index in [-0.39, 0.29) is 11.3 Å². The van der Waals surface area contributed by atoms with Crippen molar-refractivity contribution >= 4 is 5.97 Å². The van der Waals surface area contributed by atoms with Gasteiger partial charge in [-0.15, -0.1) is 0 Å². The normalized spacial score (nSPS) is 30.2. The summed E-state index contributed by atoms with van der Waals surface area (Å²) in [7, 11) is 1.66. The standard InChI is InChI=1S/C13H14O3/c1-16-9-2-3-10-8(6-9)4-5-13(10)7-11(13)12(14)15/h2-3,6,11H,4-5,7H2,1H3,(H,14,15). The first-order valence-electron chi connectivity index (χ1n) is 5.57. The molecule has 0 heterocycles. The third kappa shape index (κ3) is 1.11. The Morgan fingerprint density at radius 3 is 3.00 bits per heavy atom. The zero-order valence-electron chi connectivity index (χ0n) is 9.19. The highest BCUT2D eigenvalue weighted by Gasteiger charge is 2.61. The fraction of sp³-hybridized carbons (Fsp3) is 0.462. The molecule has 1 N–H and O–H groups in total. The van der Waals surface area contributed by atoms with E-state index < -0.39 is 5.97 Å². The summed E-state index contributed by atoms with van der Waals surface area (Å²) >= 11 is 0. The SMILES string of the molecule is COc1ccc2c(c1)CCC21CC1C(=O)O. The van der Waals surface area contributed by atoms with Crippen LogP contribution in [0.4, 0.5) is 0 Å². The molecule has 0 bridgehead atoms. The second kappa shape index (κ2) is 3.00. The summed E-state index contributed by atoms with van der Waals surface area (Å²) in [6, 6.07) is 6.02. The number of benzene rings is 1. The molecule has 3 nitrogen and oxygen atoms in total. The number of carbonyl (C=O) groups is 1. The fourth-order valence-electron chi connectivity index (χ4n) is 3.08. The zero-order valence-corrected chi connectivity index (χ0v) is 9.19. The van der Waals surface area contributed by atoms with Crippen LogP contribution >= 0.6 is 0 Å². The maximum Gasteiger partial charge on any atom is 0.307 e. The van der Waals surface area contributed by atoms with E-state index in [1.165, 1.54) is 11.1 Å². The summed E-state index contributed by atoms with van der Waals surface area (Å²) in [5, 5.41) is 9.08. The predicted octanol–water partition coefficient (Wildman–Crippen LogP) is 1.98. The number of ether oxygens (including phenoxy) is 1. The number of aryl methyl sites for hydroxylation is 1. The van der Waals surface area contributed by atoms with Gasteiger partial charge < -0.3 is 9.84 Å². The van der Waals surface area contributed by atoms with Crippen molar-refractivity contribution in [3.63, 3.8) is 0 Å². The van der Waals surface area contributed by atoms with Crippen LogP contribution in [0.15, 0.2) is 18.2 Å². The van der Waals surface area contributed by atoms with Gasteiger partial charge in [0.2, 0.25) is 0 Å². The lowest BCUT2D eigenvalue weighted by atomic mass is 9.95. The van der Waals surface area contributed by atoms with Gasteiger partial charge in [0, 0.05) is 5.41 Å². The van der Waals surface area contributed by atoms with Crippen LogP contribution in [0.2, 0.25) is 0 Å². The number of fused-ring (bicyclic) bond motifs is 2. The van der Waals surface area contributed by atoms with Gasteiger partial charge in [-0.1, -0.05) is 6.07 Å². The molecule has 0 aromatic heterocycles. The summed E-state index contributed by atoms with van der Waals surface area (Å²) in [6.07, 6.45) is 2.77. The van der Waals surface area contributed by atoms with Crippen molar-refractivity contribution in [3.05, 3.63) is 29.3 Å². The first kappa shape index (κ1) is 9.70. The van der Waals surface area contributed by atoms with Crippen molar-refractivity contribution in [2.75, 3.05) is 7.11 Å². The van der Waals surface area contributed by atoms with Crippen LogP contribution < -0.4 is 4.74 Å². The van der Waals surface area contributed by atoms with E-state index in [0.717, 1.165) is 25.0 Å². The average Bonchev–Trinajstić information content (AvgIpc) is 2.91. The van der Waals surface area contributed by atoms with Gasteiger partial charge in [-0.05, 0) is 42.5 Å². The molecule has 0 radical (unpaired) electrons. The number of methoxy groups -OCH3 is 1. The Morgan fingerprint density at radius 1 is 1.56 bits per heavy atom. The number of carboxylic acid groups (broad SMARTS) is 1. The number of carboxylic acids is 1. The smallest absolute Gasteiger partial charge is 0.307 e. The first-order chi connectivity index (χ1) is 7.67. The molecule has 2 atom stereocenters. The van der Waals surface area contributed by atoms with E-state index in [9.17, 15) is 4.79 Å². The van der Waals surface area contributed by atoms with Gasteiger partial charge in [0.05, 0.1) is 13.0 Å². The summed E-state index contributed by atoms with van der Waals surface area (Å²) < 4.78 is 5.19. The van der Waals surface area contributed by atoms with E-state index in [1.54, 1.807) is 7.11 Å². The second-order valence-corrected chi connectivity index (χ2v) is 4.77. The summed E-state index contributed by atoms with van der Waals surface area (Å²) in [5.41, 5.74) is 2.46. The van der Waals surface area contributed by atoms with Crippen LogP contribution in [-0.4, -0.2) is 18.2 Å². The van der Waals surface area contributed by atoms with E-state index in [4.69, 9.17) is 9.84 Å². The Morgan fingerprint density at radius 2 is 2.38 bits per heavy atom. The first-order valence-corrected chi connectivity index (χ1v) is 5.57. The van der Waals surface area contributed by atoms with Crippen LogP contribution in [0.5, 0.6) is 5.75 Å². The van der Waals surface area contributed by atoms with Gasteiger partial charge in [-0.25, -0.2) is 0 Å². The molecule has 1 aromatic rings. The molecule has 2 aliphatic carbocycles. The van der Waals surface area contributed by atoms with Crippen molar-refractivity contribution in [3.8, 4) is 5.75 Å². The molecule has 3 rings (SSSR count). The Labute approximate surface area is 94.0 Å². The van der Waals surface area contributed by atoms with Gasteiger partial charge >= 0.3 is 5.97 Å². The van der Waals surface area contributed by atoms with E-state index >= 15 is 0 Å². The largest absolute Gasteiger partial charge is 0.497 e. The van der Waals surface area contributed by atoms with Gasteiger partial charge in [0.1, 0.15) is 5.75 Å². The molecule has 84 valence electrons. The number of rotatable bonds is 2. The molecule has 0 amide bonds. The van der Waals surface area contributed by atoms with Crippen LogP contribution in [0.3, 0.4) is 0 Å². The van der Waals surface area contributed by atoms with E-state index in [2.05, 4.69) is 0 Å². The lowest BCUT2D eigenvalue weighted by molar-refractivity contribution is -0.139. The summed E-state index contributed by atoms with van der Waals surface area (Å²) in [4.78, 5) is 11.0. The van der Waals surface area contributed by atoms with Gasteiger partial charge in [0.15, 0.2) is 0 Å². The van der Waals surface area contributed by atoms with Gasteiger partial charge in [-0.2, -0.15) is 0 Å². The van der Waals surface area contributed by atoms with E-state index in [0.29, 0.717) is 0 Å². The molecule has 1 saturated carbocycles. The molecule has 2 unspecified atom stereocenters. The number of hydrogen-bond donors (Lipinski definition) is 1. The van der Waals surface area contributed by atoms with E-state index in [1.807, 2.05) is 18.2 Å². The Kier molecular flexibility index (Phi) is 1.82. The van der Waals surface area contributed by atoms with Crippen molar-refractivity contribution in [1.29, 1.82) is 0 Å². The Balaban J connectivity index is 1.99. The quantitative estimate of drug-likeness (QED) is 0.825. The maximum absolute atomic E-state index is 11.0. The van der Waals surface area contributed by atoms with Crippen LogP contribution in [0.1, 0.15) is 24.0 Å². The minimum absolute atomic E-state index is 0.0482. The van der Waals surface area contributed by atoms with Gasteiger partial charge in [-0.3, -0.25) is 4.79 Å². The fourth-order valence-corrected chi connectivity index (χ4v) is 3.08. The minimum atomic E-state index is -0.649. The van der Waals surface area contributed by atoms with Crippen molar-refractivity contribution in [2.45, 2.75) is 24.7 Å². The molecular formula is C13H14O3. The highest BCUT2D eigenvalue weighted by molar-refractivity contribution is 5.78. The Bertz CT molecular complexity index is 466. The molecule has 3 heteroatoms. The molecule has 16 heavy (non-hydrogen) atoms. The lowest BCUT2D eigenvalue weighted by Crippen LogP contribution is -2.11. The lowest BCUT2D eigenvalue weighted by Gasteiger charge is -2.10. The molecule has 0 aliphatic heterocycles. The third-order valence-corrected chi connectivity index (χ3v) is 4.06. The monoisotopic (exact) mass is 218 g/mol. The highest BCUT2D eigenvalue weighted by Crippen LogP contribution is 2.61. The van der Waals surface area contributed by atoms with Crippen molar-refractivity contribution in [1.82, 2.24) is 0 Å². The molecule has 1 aromatic carbocycles. The van der Waals surface area contributed by atoms with Crippen LogP contribution in [0, 0.1) is 5.92 Å². The highest BCUT2D eigenvalue weighted by atomic mass is 16.5. The topological polar surface area (TPSA) is 46.5 Å². The molecule has 2 aliphatic rings. The third-order valence-electron chi connectivity index (χ3n) is 4.06.